The van der Waals surface area contributed by atoms with Crippen molar-refractivity contribution in [3.63, 3.8) is 0 Å². The Morgan fingerprint density at radius 2 is 2.00 bits per heavy atom. The van der Waals surface area contributed by atoms with Crippen LogP contribution in [0.15, 0.2) is 41.0 Å². The van der Waals surface area contributed by atoms with E-state index < -0.39 is 6.04 Å². The molecule has 2 aromatic rings. The highest BCUT2D eigenvalue weighted by molar-refractivity contribution is 5.94. The van der Waals surface area contributed by atoms with E-state index in [4.69, 9.17) is 4.42 Å². The molecule has 2 rings (SSSR count). The van der Waals surface area contributed by atoms with E-state index in [1.807, 2.05) is 32.0 Å². The Hall–Kier alpha value is -2.07. The fraction of sp³-hybridized carbons (Fsp3) is 0.267. The number of hydrogen-bond donors (Lipinski definition) is 2. The molecule has 0 aliphatic heterocycles. The SMILES string of the molecule is Cc1cc(C)cc(C(=O)NC(CO)c2ccco2)c1. The summed E-state index contributed by atoms with van der Waals surface area (Å²) in [5.41, 5.74) is 2.65. The number of rotatable bonds is 4. The predicted molar refractivity (Wildman–Crippen MR) is 71.9 cm³/mol. The fourth-order valence-corrected chi connectivity index (χ4v) is 2.04. The Labute approximate surface area is 112 Å². The maximum Gasteiger partial charge on any atom is 0.251 e. The number of carbonyl (C=O) groups is 1. The van der Waals surface area contributed by atoms with Crippen LogP contribution in [0.3, 0.4) is 0 Å². The van der Waals surface area contributed by atoms with Gasteiger partial charge in [-0.25, -0.2) is 0 Å². The Kier molecular flexibility index (Phi) is 4.02. The van der Waals surface area contributed by atoms with Crippen molar-refractivity contribution in [1.82, 2.24) is 5.32 Å². The molecule has 1 atom stereocenters. The molecule has 0 fully saturated rings. The molecule has 4 heteroatoms. The van der Waals surface area contributed by atoms with Gasteiger partial charge in [0.15, 0.2) is 0 Å². The van der Waals surface area contributed by atoms with Crippen molar-refractivity contribution in [1.29, 1.82) is 0 Å². The van der Waals surface area contributed by atoms with Gasteiger partial charge in [-0.2, -0.15) is 0 Å². The third kappa shape index (κ3) is 3.23. The van der Waals surface area contributed by atoms with Crippen LogP contribution in [0.25, 0.3) is 0 Å². The van der Waals surface area contributed by atoms with Crippen molar-refractivity contribution in [3.8, 4) is 0 Å². The summed E-state index contributed by atoms with van der Waals surface area (Å²) in [6.45, 7) is 3.68. The lowest BCUT2D eigenvalue weighted by molar-refractivity contribution is 0.0907. The van der Waals surface area contributed by atoms with Gasteiger partial charge >= 0.3 is 0 Å². The highest BCUT2D eigenvalue weighted by Gasteiger charge is 2.17. The molecule has 0 spiro atoms. The fourth-order valence-electron chi connectivity index (χ4n) is 2.04. The van der Waals surface area contributed by atoms with Gasteiger partial charge in [-0.3, -0.25) is 4.79 Å². The number of aryl methyl sites for hydroxylation is 2. The maximum atomic E-state index is 12.1. The summed E-state index contributed by atoms with van der Waals surface area (Å²) < 4.78 is 5.20. The van der Waals surface area contributed by atoms with Gasteiger partial charge in [0, 0.05) is 5.56 Å². The van der Waals surface area contributed by atoms with E-state index in [1.165, 1.54) is 6.26 Å². The van der Waals surface area contributed by atoms with Crippen molar-refractivity contribution < 1.29 is 14.3 Å². The summed E-state index contributed by atoms with van der Waals surface area (Å²) >= 11 is 0. The molecule has 1 unspecified atom stereocenters. The molecule has 1 aromatic heterocycles. The maximum absolute atomic E-state index is 12.1. The number of furan rings is 1. The van der Waals surface area contributed by atoms with E-state index in [2.05, 4.69) is 5.32 Å². The van der Waals surface area contributed by atoms with Gasteiger partial charge in [0.2, 0.25) is 0 Å². The molecule has 0 aliphatic carbocycles. The van der Waals surface area contributed by atoms with Gasteiger partial charge in [0.05, 0.1) is 12.9 Å². The molecule has 1 heterocycles. The van der Waals surface area contributed by atoms with Crippen molar-refractivity contribution in [2.24, 2.45) is 0 Å². The normalized spacial score (nSPS) is 12.2. The van der Waals surface area contributed by atoms with E-state index >= 15 is 0 Å². The first-order chi connectivity index (χ1) is 9.10. The third-order valence-electron chi connectivity index (χ3n) is 2.86. The molecule has 4 nitrogen and oxygen atoms in total. The van der Waals surface area contributed by atoms with Crippen LogP contribution >= 0.6 is 0 Å². The predicted octanol–water partition coefficient (Wildman–Crippen LogP) is 2.36. The summed E-state index contributed by atoms with van der Waals surface area (Å²) in [4.78, 5) is 12.1. The van der Waals surface area contributed by atoms with Gasteiger partial charge in [0.1, 0.15) is 11.8 Å². The third-order valence-corrected chi connectivity index (χ3v) is 2.86. The van der Waals surface area contributed by atoms with Gasteiger partial charge < -0.3 is 14.8 Å². The summed E-state index contributed by atoms with van der Waals surface area (Å²) in [6, 6.07) is 8.57. The second-order valence-corrected chi connectivity index (χ2v) is 4.60. The standard InChI is InChI=1S/C15H17NO3/c1-10-6-11(2)8-12(7-10)15(18)16-13(9-17)14-4-3-5-19-14/h3-8,13,17H,9H2,1-2H3,(H,16,18). The zero-order valence-electron chi connectivity index (χ0n) is 11.0. The average molecular weight is 259 g/mol. The quantitative estimate of drug-likeness (QED) is 0.886. The topological polar surface area (TPSA) is 62.5 Å². The summed E-state index contributed by atoms with van der Waals surface area (Å²) in [6.07, 6.45) is 1.51. The number of carbonyl (C=O) groups excluding carboxylic acids is 1. The number of amides is 1. The highest BCUT2D eigenvalue weighted by Crippen LogP contribution is 2.15. The molecule has 0 radical (unpaired) electrons. The largest absolute Gasteiger partial charge is 0.467 e. The van der Waals surface area contributed by atoms with E-state index in [0.29, 0.717) is 11.3 Å². The number of aliphatic hydroxyl groups excluding tert-OH is 1. The number of aliphatic hydroxyl groups is 1. The Morgan fingerprint density at radius 3 is 2.53 bits per heavy atom. The van der Waals surface area contributed by atoms with Gasteiger partial charge in [0.25, 0.3) is 5.91 Å². The Balaban J connectivity index is 2.15. The van der Waals surface area contributed by atoms with E-state index in [0.717, 1.165) is 11.1 Å². The van der Waals surface area contributed by atoms with Crippen LogP contribution in [0.1, 0.15) is 33.3 Å². The van der Waals surface area contributed by atoms with Crippen LogP contribution < -0.4 is 5.32 Å². The summed E-state index contributed by atoms with van der Waals surface area (Å²) in [5, 5.41) is 12.1. The summed E-state index contributed by atoms with van der Waals surface area (Å²) in [5.74, 6) is 0.322. The van der Waals surface area contributed by atoms with Crippen LogP contribution in [-0.4, -0.2) is 17.6 Å². The monoisotopic (exact) mass is 259 g/mol. The van der Waals surface area contributed by atoms with Crippen LogP contribution in [-0.2, 0) is 0 Å². The molecular weight excluding hydrogens is 242 g/mol. The molecule has 100 valence electrons. The second kappa shape index (κ2) is 5.71. The smallest absolute Gasteiger partial charge is 0.251 e. The molecule has 1 aromatic carbocycles. The van der Waals surface area contributed by atoms with Crippen molar-refractivity contribution >= 4 is 5.91 Å². The van der Waals surface area contributed by atoms with E-state index in [1.54, 1.807) is 12.1 Å². The molecule has 1 amide bonds. The molecule has 2 N–H and O–H groups in total. The zero-order chi connectivity index (χ0) is 13.8. The second-order valence-electron chi connectivity index (χ2n) is 4.60. The lowest BCUT2D eigenvalue weighted by atomic mass is 10.1. The van der Waals surface area contributed by atoms with Crippen LogP contribution in [0.2, 0.25) is 0 Å². The zero-order valence-corrected chi connectivity index (χ0v) is 11.0. The lowest BCUT2D eigenvalue weighted by Crippen LogP contribution is -2.30. The molecular formula is C15H17NO3. The van der Waals surface area contributed by atoms with Crippen molar-refractivity contribution in [2.75, 3.05) is 6.61 Å². The first-order valence-electron chi connectivity index (χ1n) is 6.13. The molecule has 19 heavy (non-hydrogen) atoms. The molecule has 0 aliphatic rings. The van der Waals surface area contributed by atoms with Gasteiger partial charge in [-0.05, 0) is 38.1 Å². The lowest BCUT2D eigenvalue weighted by Gasteiger charge is -2.14. The first-order valence-corrected chi connectivity index (χ1v) is 6.13. The molecule has 0 bridgehead atoms. The van der Waals surface area contributed by atoms with Crippen LogP contribution in [0.5, 0.6) is 0 Å². The average Bonchev–Trinajstić information content (AvgIpc) is 2.88. The Bertz CT molecular complexity index is 541. The number of benzene rings is 1. The van der Waals surface area contributed by atoms with E-state index in [-0.39, 0.29) is 12.5 Å². The first kappa shape index (κ1) is 13.4. The van der Waals surface area contributed by atoms with E-state index in [9.17, 15) is 9.90 Å². The van der Waals surface area contributed by atoms with Crippen LogP contribution in [0.4, 0.5) is 0 Å². The minimum absolute atomic E-state index is 0.204. The number of hydrogen-bond acceptors (Lipinski definition) is 3. The van der Waals surface area contributed by atoms with Crippen molar-refractivity contribution in [3.05, 3.63) is 59.0 Å². The highest BCUT2D eigenvalue weighted by atomic mass is 16.3. The molecule has 0 saturated carbocycles. The van der Waals surface area contributed by atoms with Gasteiger partial charge in [-0.1, -0.05) is 17.2 Å². The van der Waals surface area contributed by atoms with Crippen molar-refractivity contribution in [2.45, 2.75) is 19.9 Å². The van der Waals surface area contributed by atoms with Crippen LogP contribution in [0, 0.1) is 13.8 Å². The summed E-state index contributed by atoms with van der Waals surface area (Å²) in [7, 11) is 0. The van der Waals surface area contributed by atoms with Gasteiger partial charge in [-0.15, -0.1) is 0 Å². The number of nitrogens with one attached hydrogen (secondary N) is 1. The minimum Gasteiger partial charge on any atom is -0.467 e. The Morgan fingerprint density at radius 1 is 1.32 bits per heavy atom. The molecule has 0 saturated heterocycles. The minimum atomic E-state index is -0.525.